The van der Waals surface area contributed by atoms with E-state index in [1.807, 2.05) is 60.7 Å². The molecule has 1 aliphatic heterocycles. The summed E-state index contributed by atoms with van der Waals surface area (Å²) in [6.07, 6.45) is 0.717. The molecule has 2 N–H and O–H groups in total. The van der Waals surface area contributed by atoms with Crippen LogP contribution >= 0.6 is 0 Å². The fourth-order valence-electron chi connectivity index (χ4n) is 4.37. The Morgan fingerprint density at radius 3 is 2.28 bits per heavy atom. The van der Waals surface area contributed by atoms with Gasteiger partial charge in [-0.3, -0.25) is 20.4 Å². The van der Waals surface area contributed by atoms with Crippen molar-refractivity contribution in [3.05, 3.63) is 102 Å². The van der Waals surface area contributed by atoms with Crippen molar-refractivity contribution in [1.29, 1.82) is 0 Å². The van der Waals surface area contributed by atoms with Crippen molar-refractivity contribution in [1.82, 2.24) is 25.6 Å². The molecule has 0 saturated carbocycles. The lowest BCUT2D eigenvalue weighted by Crippen LogP contribution is -2.53. The molecule has 8 nitrogen and oxygen atoms in total. The van der Waals surface area contributed by atoms with E-state index >= 15 is 0 Å². The van der Waals surface area contributed by atoms with Crippen molar-refractivity contribution in [3.63, 3.8) is 0 Å². The molecule has 5 rings (SSSR count). The van der Waals surface area contributed by atoms with Crippen molar-refractivity contribution < 1.29 is 18.7 Å². The Morgan fingerprint density at radius 2 is 1.58 bits per heavy atom. The second kappa shape index (κ2) is 10.1. The molecule has 1 fully saturated rings. The second-order valence-electron chi connectivity index (χ2n) is 8.49. The van der Waals surface area contributed by atoms with Crippen LogP contribution in [0.4, 0.5) is 4.39 Å². The maximum Gasteiger partial charge on any atom is 0.309 e. The lowest BCUT2D eigenvalue weighted by atomic mass is 9.73. The Hall–Kier alpha value is -4.37. The van der Waals surface area contributed by atoms with Crippen LogP contribution < -0.4 is 10.9 Å². The summed E-state index contributed by atoms with van der Waals surface area (Å²) in [6, 6.07) is 24.7. The number of aromatic nitrogens is 3. The second-order valence-corrected chi connectivity index (χ2v) is 8.49. The average Bonchev–Trinajstić information content (AvgIpc) is 3.39. The highest BCUT2D eigenvalue weighted by molar-refractivity contribution is 5.95. The van der Waals surface area contributed by atoms with Crippen LogP contribution in [0.1, 0.15) is 29.0 Å². The number of hydrogen-bond donors (Lipinski definition) is 2. The summed E-state index contributed by atoms with van der Waals surface area (Å²) in [4.78, 5) is 30.8. The van der Waals surface area contributed by atoms with Crippen molar-refractivity contribution in [2.45, 2.75) is 18.3 Å². The van der Waals surface area contributed by atoms with Gasteiger partial charge in [0, 0.05) is 18.8 Å². The van der Waals surface area contributed by atoms with Crippen LogP contribution in [-0.4, -0.2) is 39.8 Å². The van der Waals surface area contributed by atoms with Crippen LogP contribution in [0.3, 0.4) is 0 Å². The molecule has 0 radical (unpaired) electrons. The van der Waals surface area contributed by atoms with Crippen LogP contribution in [0.25, 0.3) is 17.1 Å². The van der Waals surface area contributed by atoms with Gasteiger partial charge in [-0.05, 0) is 42.7 Å². The van der Waals surface area contributed by atoms with Gasteiger partial charge in [0.15, 0.2) is 5.82 Å². The highest BCUT2D eigenvalue weighted by Crippen LogP contribution is 2.35. The number of rotatable bonds is 5. The Labute approximate surface area is 207 Å². The normalized spacial score (nSPS) is 14.7. The number of para-hydroxylation sites is 1. The summed E-state index contributed by atoms with van der Waals surface area (Å²) in [7, 11) is 0. The van der Waals surface area contributed by atoms with Gasteiger partial charge in [-0.15, -0.1) is 5.10 Å². The molecular weight excluding hydrogens is 461 g/mol. The maximum absolute atomic E-state index is 14.0. The van der Waals surface area contributed by atoms with Crippen LogP contribution in [-0.2, 0) is 14.9 Å². The molecule has 3 aromatic carbocycles. The first kappa shape index (κ1) is 23.4. The van der Waals surface area contributed by atoms with Crippen LogP contribution in [0.5, 0.6) is 0 Å². The lowest BCUT2D eigenvalue weighted by Gasteiger charge is -2.36. The molecule has 2 amide bonds. The molecule has 2 heterocycles. The minimum Gasteiger partial charge on any atom is -0.381 e. The van der Waals surface area contributed by atoms with Gasteiger partial charge in [0.2, 0.25) is 11.7 Å². The minimum absolute atomic E-state index is 0.107. The minimum atomic E-state index is -1.03. The highest BCUT2D eigenvalue weighted by Gasteiger charge is 2.42. The summed E-state index contributed by atoms with van der Waals surface area (Å²) in [5.74, 6) is -1.17. The standard InChI is InChI=1S/C27H24FN5O3/c28-21-11-7-10-20(18-21)27(14-16-36-17-15-27)26(35)31-30-25(34)23-29-24(19-8-3-1-4-9-19)33(32-23)22-12-5-2-6-13-22/h1-13,18H,14-17H2,(H,30,34)(H,31,35). The van der Waals surface area contributed by atoms with E-state index in [4.69, 9.17) is 4.74 Å². The van der Waals surface area contributed by atoms with E-state index in [-0.39, 0.29) is 5.82 Å². The number of ether oxygens (including phenoxy) is 1. The monoisotopic (exact) mass is 485 g/mol. The third-order valence-electron chi connectivity index (χ3n) is 6.29. The van der Waals surface area contributed by atoms with Gasteiger partial charge in [-0.1, -0.05) is 60.7 Å². The zero-order chi connectivity index (χ0) is 25.0. The number of benzene rings is 3. The first-order valence-corrected chi connectivity index (χ1v) is 11.6. The van der Waals surface area contributed by atoms with Gasteiger partial charge in [0.05, 0.1) is 11.1 Å². The van der Waals surface area contributed by atoms with Gasteiger partial charge in [0.25, 0.3) is 0 Å². The molecule has 0 spiro atoms. The summed E-state index contributed by atoms with van der Waals surface area (Å²) in [5, 5.41) is 4.41. The molecule has 4 aromatic rings. The van der Waals surface area contributed by atoms with Gasteiger partial charge < -0.3 is 4.74 Å². The molecule has 1 saturated heterocycles. The largest absolute Gasteiger partial charge is 0.381 e. The van der Waals surface area contributed by atoms with Crippen molar-refractivity contribution in [3.8, 4) is 17.1 Å². The summed E-state index contributed by atoms with van der Waals surface area (Å²) >= 11 is 0. The zero-order valence-electron chi connectivity index (χ0n) is 19.4. The van der Waals surface area contributed by atoms with Crippen molar-refractivity contribution in [2.24, 2.45) is 0 Å². The van der Waals surface area contributed by atoms with Crippen molar-refractivity contribution in [2.75, 3.05) is 13.2 Å². The predicted molar refractivity (Wildman–Crippen MR) is 131 cm³/mol. The molecule has 1 aromatic heterocycles. The lowest BCUT2D eigenvalue weighted by molar-refractivity contribution is -0.131. The van der Waals surface area contributed by atoms with Crippen LogP contribution in [0.15, 0.2) is 84.9 Å². The highest BCUT2D eigenvalue weighted by atomic mass is 19.1. The Bertz CT molecular complexity index is 1310. The first-order valence-electron chi connectivity index (χ1n) is 11.6. The van der Waals surface area contributed by atoms with Gasteiger partial charge in [-0.2, -0.15) is 0 Å². The number of nitrogens with one attached hydrogen (secondary N) is 2. The number of carbonyl (C=O) groups excluding carboxylic acids is 2. The summed E-state index contributed by atoms with van der Waals surface area (Å²) in [5.41, 5.74) is 5.98. The van der Waals surface area contributed by atoms with E-state index in [0.717, 1.165) is 11.3 Å². The predicted octanol–water partition coefficient (Wildman–Crippen LogP) is 3.58. The Kier molecular flexibility index (Phi) is 6.55. The molecule has 0 bridgehead atoms. The summed E-state index contributed by atoms with van der Waals surface area (Å²) in [6.45, 7) is 0.697. The van der Waals surface area contributed by atoms with Gasteiger partial charge in [-0.25, -0.2) is 14.1 Å². The number of amides is 2. The molecule has 182 valence electrons. The molecule has 0 unspecified atom stereocenters. The third-order valence-corrected chi connectivity index (χ3v) is 6.29. The molecule has 1 aliphatic rings. The van der Waals surface area contributed by atoms with Gasteiger partial charge >= 0.3 is 5.91 Å². The fourth-order valence-corrected chi connectivity index (χ4v) is 4.37. The smallest absolute Gasteiger partial charge is 0.309 e. The van der Waals surface area contributed by atoms with E-state index < -0.39 is 23.0 Å². The summed E-state index contributed by atoms with van der Waals surface area (Å²) < 4.78 is 21.0. The zero-order valence-corrected chi connectivity index (χ0v) is 19.4. The molecule has 0 aliphatic carbocycles. The molecule has 0 atom stereocenters. The third kappa shape index (κ3) is 4.60. The fraction of sp³-hybridized carbons (Fsp3) is 0.185. The average molecular weight is 486 g/mol. The topological polar surface area (TPSA) is 98.1 Å². The molecular formula is C27H24FN5O3. The Morgan fingerprint density at radius 1 is 0.889 bits per heavy atom. The quantitative estimate of drug-likeness (QED) is 0.421. The van der Waals surface area contributed by atoms with E-state index in [0.29, 0.717) is 37.4 Å². The van der Waals surface area contributed by atoms with E-state index in [1.54, 1.807) is 16.8 Å². The number of halogens is 1. The van der Waals surface area contributed by atoms with Crippen molar-refractivity contribution >= 4 is 11.8 Å². The van der Waals surface area contributed by atoms with Gasteiger partial charge in [0.1, 0.15) is 5.82 Å². The SMILES string of the molecule is O=C(NNC(=O)C1(c2cccc(F)c2)CCOCC1)c1nc(-c2ccccc2)n(-c2ccccc2)n1. The number of nitrogens with zero attached hydrogens (tertiary/aromatic N) is 3. The molecule has 36 heavy (non-hydrogen) atoms. The van der Waals surface area contributed by atoms with Crippen LogP contribution in [0.2, 0.25) is 0 Å². The number of hydrazine groups is 1. The molecule has 9 heteroatoms. The van der Waals surface area contributed by atoms with E-state index in [1.165, 1.54) is 12.1 Å². The van der Waals surface area contributed by atoms with Crippen LogP contribution in [0, 0.1) is 5.82 Å². The maximum atomic E-state index is 14.0. The van der Waals surface area contributed by atoms with E-state index in [9.17, 15) is 14.0 Å². The number of carbonyl (C=O) groups is 2. The first-order chi connectivity index (χ1) is 17.6. The number of hydrogen-bond acceptors (Lipinski definition) is 5. The van der Waals surface area contributed by atoms with E-state index in [2.05, 4.69) is 20.9 Å². The Balaban J connectivity index is 1.40.